The molecule has 1 fully saturated rings. The lowest BCUT2D eigenvalue weighted by molar-refractivity contribution is -0.122. The summed E-state index contributed by atoms with van der Waals surface area (Å²) in [7, 11) is -4.08. The summed E-state index contributed by atoms with van der Waals surface area (Å²) in [6.45, 7) is -0.0891. The van der Waals surface area contributed by atoms with Crippen molar-refractivity contribution in [1.82, 2.24) is 9.62 Å². The minimum absolute atomic E-state index is 0.0788. The van der Waals surface area contributed by atoms with Crippen LogP contribution in [0.5, 0.6) is 0 Å². The summed E-state index contributed by atoms with van der Waals surface area (Å²) in [5.41, 5.74) is -0.374. The third-order valence-electron chi connectivity index (χ3n) is 2.87. The van der Waals surface area contributed by atoms with Gasteiger partial charge in [-0.3, -0.25) is 4.79 Å². The molecule has 114 valence electrons. The minimum atomic E-state index is -4.08. The molecule has 1 amide bonds. The molecule has 0 unspecified atom stereocenters. The average molecular weight is 353 g/mol. The van der Waals surface area contributed by atoms with Gasteiger partial charge in [0, 0.05) is 13.1 Å². The molecule has 0 saturated carbocycles. The maximum Gasteiger partial charge on any atom is 0.337 e. The van der Waals surface area contributed by atoms with E-state index in [1.165, 1.54) is 0 Å². The number of rotatable bonds is 3. The molecule has 1 aliphatic rings. The predicted octanol–water partition coefficient (Wildman–Crippen LogP) is 0.812. The number of nitrogens with one attached hydrogen (secondary N) is 1. The lowest BCUT2D eigenvalue weighted by atomic mass is 10.2. The molecule has 0 atom stereocenters. The molecule has 0 aromatic heterocycles. The molecule has 1 aliphatic heterocycles. The number of carboxylic acids is 1. The van der Waals surface area contributed by atoms with Crippen molar-refractivity contribution in [3.8, 4) is 0 Å². The summed E-state index contributed by atoms with van der Waals surface area (Å²) in [6.07, 6.45) is 0. The van der Waals surface area contributed by atoms with E-state index in [0.29, 0.717) is 0 Å². The summed E-state index contributed by atoms with van der Waals surface area (Å²) in [4.78, 5) is 22.0. The van der Waals surface area contributed by atoms with Crippen LogP contribution in [0.2, 0.25) is 10.0 Å². The van der Waals surface area contributed by atoms with Gasteiger partial charge in [0.05, 0.1) is 22.2 Å². The average Bonchev–Trinajstić information content (AvgIpc) is 2.37. The van der Waals surface area contributed by atoms with E-state index >= 15 is 0 Å². The molecule has 1 heterocycles. The summed E-state index contributed by atoms with van der Waals surface area (Å²) in [6, 6.07) is 1.96. The molecule has 0 radical (unpaired) electrons. The van der Waals surface area contributed by atoms with Gasteiger partial charge in [-0.05, 0) is 12.1 Å². The number of aromatic carboxylic acids is 1. The molecule has 1 saturated heterocycles. The second-order valence-electron chi connectivity index (χ2n) is 4.26. The van der Waals surface area contributed by atoms with E-state index in [1.807, 2.05) is 0 Å². The Bertz CT molecular complexity index is 720. The Morgan fingerprint density at radius 2 is 1.95 bits per heavy atom. The van der Waals surface area contributed by atoms with Crippen molar-refractivity contribution in [3.05, 3.63) is 27.7 Å². The Hall–Kier alpha value is -1.35. The summed E-state index contributed by atoms with van der Waals surface area (Å²) in [5.74, 6) is -1.81. The molecule has 0 bridgehead atoms. The van der Waals surface area contributed by atoms with Crippen molar-refractivity contribution >= 4 is 45.1 Å². The fourth-order valence-electron chi connectivity index (χ4n) is 1.85. The molecule has 0 spiro atoms. The number of amides is 1. The van der Waals surface area contributed by atoms with E-state index in [9.17, 15) is 18.0 Å². The zero-order valence-electron chi connectivity index (χ0n) is 10.5. The lowest BCUT2D eigenvalue weighted by Crippen LogP contribution is -2.49. The molecule has 10 heteroatoms. The van der Waals surface area contributed by atoms with Crippen LogP contribution in [0.4, 0.5) is 0 Å². The Morgan fingerprint density at radius 1 is 1.29 bits per heavy atom. The maximum atomic E-state index is 12.5. The summed E-state index contributed by atoms with van der Waals surface area (Å²) < 4.78 is 25.9. The van der Waals surface area contributed by atoms with Gasteiger partial charge in [0.2, 0.25) is 15.9 Å². The third kappa shape index (κ3) is 3.13. The van der Waals surface area contributed by atoms with Crippen LogP contribution in [-0.2, 0) is 14.8 Å². The number of hydrogen-bond acceptors (Lipinski definition) is 4. The van der Waals surface area contributed by atoms with Gasteiger partial charge >= 0.3 is 5.97 Å². The number of carbonyl (C=O) groups is 2. The van der Waals surface area contributed by atoms with Gasteiger partial charge in [-0.1, -0.05) is 23.2 Å². The number of carboxylic acid groups (broad SMARTS) is 1. The number of piperazine rings is 1. The number of nitrogens with zero attached hydrogens (tertiary/aromatic N) is 1. The first kappa shape index (κ1) is 16.0. The van der Waals surface area contributed by atoms with Gasteiger partial charge in [-0.2, -0.15) is 4.31 Å². The van der Waals surface area contributed by atoms with Crippen molar-refractivity contribution in [1.29, 1.82) is 0 Å². The zero-order chi connectivity index (χ0) is 15.8. The fourth-order valence-corrected chi connectivity index (χ4v) is 4.08. The Labute approximate surface area is 130 Å². The number of sulfonamides is 1. The van der Waals surface area contributed by atoms with Crippen LogP contribution in [0.25, 0.3) is 0 Å². The second kappa shape index (κ2) is 5.80. The molecule has 21 heavy (non-hydrogen) atoms. The number of hydrogen-bond donors (Lipinski definition) is 2. The van der Waals surface area contributed by atoms with Crippen LogP contribution in [0.1, 0.15) is 10.4 Å². The number of benzene rings is 1. The largest absolute Gasteiger partial charge is 0.478 e. The van der Waals surface area contributed by atoms with Gasteiger partial charge in [0.15, 0.2) is 0 Å². The molecule has 7 nitrogen and oxygen atoms in total. The standard InChI is InChI=1S/C11H10Cl2N2O5S/c12-7-4-8(13)9(3-6(7)11(17)18)21(19,20)15-2-1-14-10(16)5-15/h3-4H,1-2,5H2,(H,14,16)(H,17,18). The highest BCUT2D eigenvalue weighted by atomic mass is 35.5. The minimum Gasteiger partial charge on any atom is -0.478 e. The molecule has 2 rings (SSSR count). The summed E-state index contributed by atoms with van der Waals surface area (Å²) in [5, 5.41) is 11.1. The van der Waals surface area contributed by atoms with Gasteiger partial charge < -0.3 is 10.4 Å². The van der Waals surface area contributed by atoms with Crippen LogP contribution >= 0.6 is 23.2 Å². The first-order valence-corrected chi connectivity index (χ1v) is 7.92. The normalized spacial score (nSPS) is 16.6. The Kier molecular flexibility index (Phi) is 4.43. The fraction of sp³-hybridized carbons (Fsp3) is 0.273. The number of carbonyl (C=O) groups excluding carboxylic acids is 1. The van der Waals surface area contributed by atoms with Crippen molar-refractivity contribution in [2.75, 3.05) is 19.6 Å². The highest BCUT2D eigenvalue weighted by Crippen LogP contribution is 2.30. The molecular weight excluding hydrogens is 343 g/mol. The first-order chi connectivity index (χ1) is 9.73. The second-order valence-corrected chi connectivity index (χ2v) is 6.98. The lowest BCUT2D eigenvalue weighted by Gasteiger charge is -2.26. The quantitative estimate of drug-likeness (QED) is 0.837. The van der Waals surface area contributed by atoms with E-state index in [0.717, 1.165) is 16.4 Å². The Balaban J connectivity index is 2.51. The van der Waals surface area contributed by atoms with E-state index in [1.54, 1.807) is 0 Å². The first-order valence-electron chi connectivity index (χ1n) is 5.72. The van der Waals surface area contributed by atoms with Crippen LogP contribution in [0.15, 0.2) is 17.0 Å². The van der Waals surface area contributed by atoms with Crippen LogP contribution in [-0.4, -0.2) is 49.3 Å². The van der Waals surface area contributed by atoms with Crippen LogP contribution in [0.3, 0.4) is 0 Å². The topological polar surface area (TPSA) is 104 Å². The molecule has 0 aliphatic carbocycles. The van der Waals surface area contributed by atoms with Crippen LogP contribution < -0.4 is 5.32 Å². The van der Waals surface area contributed by atoms with Gasteiger partial charge in [-0.15, -0.1) is 0 Å². The number of halogens is 2. The maximum absolute atomic E-state index is 12.5. The van der Waals surface area contributed by atoms with E-state index < -0.39 is 21.9 Å². The van der Waals surface area contributed by atoms with Gasteiger partial charge in [0.1, 0.15) is 4.90 Å². The van der Waals surface area contributed by atoms with Crippen molar-refractivity contribution < 1.29 is 23.1 Å². The highest BCUT2D eigenvalue weighted by molar-refractivity contribution is 7.89. The van der Waals surface area contributed by atoms with E-state index in [2.05, 4.69) is 5.32 Å². The SMILES string of the molecule is O=C1CN(S(=O)(=O)c2cc(C(=O)O)c(Cl)cc2Cl)CCN1. The van der Waals surface area contributed by atoms with Gasteiger partial charge in [0.25, 0.3) is 0 Å². The smallest absolute Gasteiger partial charge is 0.337 e. The van der Waals surface area contributed by atoms with Crippen molar-refractivity contribution in [2.24, 2.45) is 0 Å². The molecule has 1 aromatic rings. The predicted molar refractivity (Wildman–Crippen MR) is 75.2 cm³/mol. The monoisotopic (exact) mass is 352 g/mol. The van der Waals surface area contributed by atoms with Crippen LogP contribution in [0, 0.1) is 0 Å². The molecular formula is C11H10Cl2N2O5S. The van der Waals surface area contributed by atoms with Gasteiger partial charge in [-0.25, -0.2) is 13.2 Å². The van der Waals surface area contributed by atoms with E-state index in [-0.39, 0.29) is 40.1 Å². The molecule has 2 N–H and O–H groups in total. The molecule has 1 aromatic carbocycles. The van der Waals surface area contributed by atoms with Crippen molar-refractivity contribution in [2.45, 2.75) is 4.90 Å². The highest BCUT2D eigenvalue weighted by Gasteiger charge is 2.32. The summed E-state index contributed by atoms with van der Waals surface area (Å²) >= 11 is 11.6. The third-order valence-corrected chi connectivity index (χ3v) is 5.50. The zero-order valence-corrected chi connectivity index (χ0v) is 12.8. The van der Waals surface area contributed by atoms with Crippen molar-refractivity contribution in [3.63, 3.8) is 0 Å². The Morgan fingerprint density at radius 3 is 2.52 bits per heavy atom. The van der Waals surface area contributed by atoms with E-state index in [4.69, 9.17) is 28.3 Å².